The molecule has 0 amide bonds. The lowest BCUT2D eigenvalue weighted by Crippen LogP contribution is -2.05. The summed E-state index contributed by atoms with van der Waals surface area (Å²) >= 11 is 1.47. The van der Waals surface area contributed by atoms with E-state index in [4.69, 9.17) is 5.41 Å². The van der Waals surface area contributed by atoms with E-state index in [1.165, 1.54) is 28.8 Å². The number of nitrogens with zero attached hydrogens (tertiary/aromatic N) is 4. The highest BCUT2D eigenvalue weighted by atomic mass is 32.2. The number of nitrogens with one attached hydrogen (secondary N) is 1. The lowest BCUT2D eigenvalue weighted by Gasteiger charge is -2.05. The number of hydrogen-bond donors (Lipinski definition) is 1. The maximum atomic E-state index is 7.36. The zero-order valence-electron chi connectivity index (χ0n) is 15.7. The monoisotopic (exact) mass is 359 g/mol. The second-order valence-electron chi connectivity index (χ2n) is 6.27. The smallest absolute Gasteiger partial charge is 0.108 e. The van der Waals surface area contributed by atoms with Crippen LogP contribution < -0.4 is 0 Å². The largest absolute Gasteiger partial charge is 0.335 e. The quantitative estimate of drug-likeness (QED) is 0.417. The van der Waals surface area contributed by atoms with Crippen LogP contribution in [0.25, 0.3) is 0 Å². The van der Waals surface area contributed by atoms with Gasteiger partial charge in [-0.2, -0.15) is 5.10 Å². The van der Waals surface area contributed by atoms with E-state index in [9.17, 15) is 0 Å². The van der Waals surface area contributed by atoms with Crippen molar-refractivity contribution in [2.75, 3.05) is 0 Å². The molecular weight excluding hydrogens is 330 g/mol. The highest BCUT2D eigenvalue weighted by Crippen LogP contribution is 2.12. The third-order valence-electron chi connectivity index (χ3n) is 4.31. The molecule has 0 fully saturated rings. The molecule has 0 atom stereocenters. The van der Waals surface area contributed by atoms with Crippen molar-refractivity contribution in [3.8, 4) is 0 Å². The summed E-state index contributed by atoms with van der Waals surface area (Å²) in [4.78, 5) is 4.47. The number of allylic oxidation sites excluding steroid dienone is 1. The summed E-state index contributed by atoms with van der Waals surface area (Å²) in [5.41, 5.74) is 3.73. The molecule has 25 heavy (non-hydrogen) atoms. The average molecular weight is 360 g/mol. The topological polar surface area (TPSA) is 59.5 Å². The standard InChI is InChI=1S/C19H29N5S/c1-5-19-21-14-18(23(19)3)11-10-17-13-16(22-24(17)4)9-7-6-8-12-25-15(2)20/h8,12-14,20H,5-7,9-11H2,1-4H3/b12-8+,20-15?. The molecule has 2 rings (SSSR count). The Bertz CT molecular complexity index is 726. The molecule has 0 saturated carbocycles. The number of imidazole rings is 1. The summed E-state index contributed by atoms with van der Waals surface area (Å²) in [5, 5.41) is 14.6. The predicted molar refractivity (Wildman–Crippen MR) is 106 cm³/mol. The Morgan fingerprint density at radius 2 is 2.00 bits per heavy atom. The van der Waals surface area contributed by atoms with Gasteiger partial charge in [0.15, 0.2) is 0 Å². The van der Waals surface area contributed by atoms with E-state index < -0.39 is 0 Å². The molecular formula is C19H29N5S. The third kappa shape index (κ3) is 5.88. The van der Waals surface area contributed by atoms with E-state index in [-0.39, 0.29) is 0 Å². The van der Waals surface area contributed by atoms with Crippen LogP contribution in [0.5, 0.6) is 0 Å². The van der Waals surface area contributed by atoms with Gasteiger partial charge >= 0.3 is 0 Å². The summed E-state index contributed by atoms with van der Waals surface area (Å²) in [7, 11) is 4.13. The fraction of sp³-hybridized carbons (Fsp3) is 0.526. The molecule has 0 unspecified atom stereocenters. The van der Waals surface area contributed by atoms with Gasteiger partial charge in [0.2, 0.25) is 0 Å². The molecule has 2 aromatic rings. The number of rotatable bonds is 9. The normalized spacial score (nSPS) is 11.5. The molecule has 0 aliphatic rings. The average Bonchev–Trinajstić information content (AvgIpc) is 3.11. The SMILES string of the molecule is CCc1ncc(CCc2cc(CCC/C=C/SC(C)=N)nn2C)n1C. The van der Waals surface area contributed by atoms with Gasteiger partial charge in [0, 0.05) is 38.1 Å². The van der Waals surface area contributed by atoms with Crippen molar-refractivity contribution in [3.63, 3.8) is 0 Å². The van der Waals surface area contributed by atoms with E-state index in [1.54, 1.807) is 6.92 Å². The molecule has 0 aromatic carbocycles. The lowest BCUT2D eigenvalue weighted by atomic mass is 10.1. The molecule has 2 heterocycles. The zero-order chi connectivity index (χ0) is 18.2. The Morgan fingerprint density at radius 1 is 1.24 bits per heavy atom. The third-order valence-corrected chi connectivity index (χ3v) is 4.99. The molecule has 0 radical (unpaired) electrons. The van der Waals surface area contributed by atoms with Crippen LogP contribution in [0, 0.1) is 5.41 Å². The Hall–Kier alpha value is -1.82. The van der Waals surface area contributed by atoms with Crippen molar-refractivity contribution in [3.05, 3.63) is 46.7 Å². The number of thioether (sulfide) groups is 1. The van der Waals surface area contributed by atoms with Gasteiger partial charge in [-0.1, -0.05) is 24.8 Å². The van der Waals surface area contributed by atoms with Gasteiger partial charge in [-0.15, -0.1) is 0 Å². The first-order valence-electron chi connectivity index (χ1n) is 8.89. The Labute approximate surface area is 155 Å². The van der Waals surface area contributed by atoms with Crippen LogP contribution in [-0.4, -0.2) is 24.4 Å². The maximum absolute atomic E-state index is 7.36. The molecule has 0 saturated heterocycles. The van der Waals surface area contributed by atoms with Gasteiger partial charge < -0.3 is 4.57 Å². The van der Waals surface area contributed by atoms with Crippen LogP contribution in [0.2, 0.25) is 0 Å². The summed E-state index contributed by atoms with van der Waals surface area (Å²) in [6.45, 7) is 3.94. The van der Waals surface area contributed by atoms with Crippen molar-refractivity contribution in [2.45, 2.75) is 52.4 Å². The minimum Gasteiger partial charge on any atom is -0.335 e. The number of hydrogen-bond acceptors (Lipinski definition) is 4. The van der Waals surface area contributed by atoms with Crippen molar-refractivity contribution < 1.29 is 0 Å². The zero-order valence-corrected chi connectivity index (χ0v) is 16.6. The Kier molecular flexibility index (Phi) is 7.50. The molecule has 0 aliphatic carbocycles. The van der Waals surface area contributed by atoms with Crippen LogP contribution in [-0.2, 0) is 39.8 Å². The first-order valence-corrected chi connectivity index (χ1v) is 9.77. The minimum absolute atomic E-state index is 0.630. The minimum atomic E-state index is 0.630. The summed E-state index contributed by atoms with van der Waals surface area (Å²) in [6, 6.07) is 2.23. The van der Waals surface area contributed by atoms with Gasteiger partial charge in [0.05, 0.1) is 10.7 Å². The number of unbranched alkanes of at least 4 members (excludes halogenated alkanes) is 1. The number of aryl methyl sites for hydroxylation is 5. The molecule has 2 aromatic heterocycles. The van der Waals surface area contributed by atoms with Gasteiger partial charge in [-0.05, 0) is 50.5 Å². The Balaban J connectivity index is 1.82. The van der Waals surface area contributed by atoms with Crippen LogP contribution in [0.3, 0.4) is 0 Å². The van der Waals surface area contributed by atoms with Crippen molar-refractivity contribution in [2.24, 2.45) is 14.1 Å². The molecule has 0 spiro atoms. The fourth-order valence-corrected chi connectivity index (χ4v) is 3.29. The predicted octanol–water partition coefficient (Wildman–Crippen LogP) is 4.07. The molecule has 5 nitrogen and oxygen atoms in total. The number of aromatic nitrogens is 4. The Morgan fingerprint density at radius 3 is 2.68 bits per heavy atom. The van der Waals surface area contributed by atoms with Gasteiger partial charge in [0.1, 0.15) is 5.82 Å². The van der Waals surface area contributed by atoms with Crippen LogP contribution in [0.15, 0.2) is 23.7 Å². The highest BCUT2D eigenvalue weighted by molar-refractivity contribution is 8.16. The van der Waals surface area contributed by atoms with E-state index in [0.717, 1.165) is 44.3 Å². The van der Waals surface area contributed by atoms with Crippen LogP contribution in [0.1, 0.15) is 49.6 Å². The van der Waals surface area contributed by atoms with Crippen molar-refractivity contribution >= 4 is 16.8 Å². The van der Waals surface area contributed by atoms with E-state index in [0.29, 0.717) is 5.04 Å². The summed E-state index contributed by atoms with van der Waals surface area (Å²) in [5.74, 6) is 1.14. The highest BCUT2D eigenvalue weighted by Gasteiger charge is 2.08. The fourth-order valence-electron chi connectivity index (χ4n) is 2.85. The van der Waals surface area contributed by atoms with E-state index in [1.807, 2.05) is 23.3 Å². The van der Waals surface area contributed by atoms with E-state index >= 15 is 0 Å². The second kappa shape index (κ2) is 9.61. The van der Waals surface area contributed by atoms with E-state index in [2.05, 4.69) is 40.8 Å². The second-order valence-corrected chi connectivity index (χ2v) is 7.39. The van der Waals surface area contributed by atoms with Gasteiger partial charge in [-0.3, -0.25) is 10.1 Å². The lowest BCUT2D eigenvalue weighted by molar-refractivity contribution is 0.672. The molecule has 0 bridgehead atoms. The molecule has 6 heteroatoms. The van der Waals surface area contributed by atoms with Crippen LogP contribution >= 0.6 is 11.8 Å². The van der Waals surface area contributed by atoms with Crippen molar-refractivity contribution in [1.82, 2.24) is 19.3 Å². The molecule has 0 aliphatic heterocycles. The van der Waals surface area contributed by atoms with Crippen molar-refractivity contribution in [1.29, 1.82) is 5.41 Å². The summed E-state index contributed by atoms with van der Waals surface area (Å²) < 4.78 is 4.22. The first-order chi connectivity index (χ1) is 12.0. The first kappa shape index (κ1) is 19.5. The maximum Gasteiger partial charge on any atom is 0.108 e. The van der Waals surface area contributed by atoms with Crippen LogP contribution in [0.4, 0.5) is 0 Å². The van der Waals surface area contributed by atoms with Gasteiger partial charge in [0.25, 0.3) is 0 Å². The molecule has 1 N–H and O–H groups in total. The van der Waals surface area contributed by atoms with Gasteiger partial charge in [-0.25, -0.2) is 4.98 Å². The molecule has 136 valence electrons. The summed E-state index contributed by atoms with van der Waals surface area (Å²) in [6.07, 6.45) is 10.2.